The first-order chi connectivity index (χ1) is 13.1. The second-order valence-electron chi connectivity index (χ2n) is 7.54. The molecule has 0 saturated heterocycles. The first-order valence-electron chi connectivity index (χ1n) is 9.47. The molecule has 1 aliphatic heterocycles. The predicted molar refractivity (Wildman–Crippen MR) is 111 cm³/mol. The molecule has 0 aromatic heterocycles. The number of rotatable bonds is 4. The highest BCUT2D eigenvalue weighted by Gasteiger charge is 2.36. The maximum atomic E-state index is 13.7. The molecule has 28 heavy (non-hydrogen) atoms. The van der Waals surface area contributed by atoms with E-state index in [9.17, 15) is 8.42 Å². The van der Waals surface area contributed by atoms with Crippen LogP contribution in [0.1, 0.15) is 46.3 Å². The Morgan fingerprint density at radius 2 is 1.46 bits per heavy atom. The molecule has 0 amide bonds. The Balaban J connectivity index is 2.12. The Hall–Kier alpha value is -2.05. The van der Waals surface area contributed by atoms with Crippen molar-refractivity contribution in [3.8, 4) is 11.5 Å². The zero-order chi connectivity index (χ0) is 20.8. The molecule has 0 spiro atoms. The molecular formula is C22H29NO4S. The van der Waals surface area contributed by atoms with Crippen LogP contribution >= 0.6 is 0 Å². The lowest BCUT2D eigenvalue weighted by Gasteiger charge is -2.35. The summed E-state index contributed by atoms with van der Waals surface area (Å²) in [5, 5.41) is 0. The quantitative estimate of drug-likeness (QED) is 0.766. The lowest BCUT2D eigenvalue weighted by molar-refractivity contribution is 0.318. The molecule has 6 heteroatoms. The third-order valence-corrected chi connectivity index (χ3v) is 8.24. The Morgan fingerprint density at radius 3 is 2.00 bits per heavy atom. The number of hydrogen-bond donors (Lipinski definition) is 0. The van der Waals surface area contributed by atoms with Crippen LogP contribution in [0.3, 0.4) is 0 Å². The zero-order valence-corrected chi connectivity index (χ0v) is 18.5. The first-order valence-corrected chi connectivity index (χ1v) is 10.9. The van der Waals surface area contributed by atoms with Crippen molar-refractivity contribution in [3.63, 3.8) is 0 Å². The van der Waals surface area contributed by atoms with E-state index >= 15 is 0 Å². The van der Waals surface area contributed by atoms with Gasteiger partial charge in [-0.05, 0) is 86.6 Å². The van der Waals surface area contributed by atoms with Gasteiger partial charge in [0.1, 0.15) is 0 Å². The van der Waals surface area contributed by atoms with Gasteiger partial charge in [-0.2, -0.15) is 4.31 Å². The number of nitrogens with zero attached hydrogens (tertiary/aromatic N) is 1. The highest BCUT2D eigenvalue weighted by Crippen LogP contribution is 2.41. The summed E-state index contributed by atoms with van der Waals surface area (Å²) in [5.74, 6) is 1.29. The van der Waals surface area contributed by atoms with Crippen LogP contribution < -0.4 is 9.47 Å². The van der Waals surface area contributed by atoms with Crippen molar-refractivity contribution in [1.82, 2.24) is 4.31 Å². The molecule has 1 atom stereocenters. The van der Waals surface area contributed by atoms with E-state index in [0.29, 0.717) is 29.4 Å². The van der Waals surface area contributed by atoms with Crippen molar-refractivity contribution in [3.05, 3.63) is 51.6 Å². The summed E-state index contributed by atoms with van der Waals surface area (Å²) in [6, 6.07) is 5.63. The molecule has 0 aliphatic carbocycles. The van der Waals surface area contributed by atoms with Gasteiger partial charge in [-0.3, -0.25) is 0 Å². The predicted octanol–water partition coefficient (Wildman–Crippen LogP) is 4.25. The van der Waals surface area contributed by atoms with Crippen molar-refractivity contribution in [2.24, 2.45) is 0 Å². The van der Waals surface area contributed by atoms with Gasteiger partial charge in [0.25, 0.3) is 0 Å². The second-order valence-corrected chi connectivity index (χ2v) is 9.36. The summed E-state index contributed by atoms with van der Waals surface area (Å²) in [6.07, 6.45) is 0.641. The van der Waals surface area contributed by atoms with Gasteiger partial charge in [-0.25, -0.2) is 8.42 Å². The minimum atomic E-state index is -3.63. The van der Waals surface area contributed by atoms with E-state index < -0.39 is 10.0 Å². The number of aryl methyl sites for hydroxylation is 2. The Labute approximate surface area is 168 Å². The van der Waals surface area contributed by atoms with Gasteiger partial charge in [0.05, 0.1) is 19.1 Å². The molecule has 0 saturated carbocycles. The van der Waals surface area contributed by atoms with E-state index in [1.807, 2.05) is 46.8 Å². The summed E-state index contributed by atoms with van der Waals surface area (Å²) < 4.78 is 39.9. The third kappa shape index (κ3) is 3.18. The summed E-state index contributed by atoms with van der Waals surface area (Å²) in [6.45, 7) is 10.1. The number of benzene rings is 2. The fourth-order valence-electron chi connectivity index (χ4n) is 4.13. The van der Waals surface area contributed by atoms with Crippen LogP contribution in [-0.4, -0.2) is 33.5 Å². The molecule has 1 heterocycles. The van der Waals surface area contributed by atoms with Crippen LogP contribution in [-0.2, 0) is 16.4 Å². The fraction of sp³-hybridized carbons (Fsp3) is 0.455. The number of fused-ring (bicyclic) bond motifs is 1. The van der Waals surface area contributed by atoms with E-state index in [-0.39, 0.29) is 6.04 Å². The Kier molecular flexibility index (Phi) is 5.47. The van der Waals surface area contributed by atoms with E-state index in [1.165, 1.54) is 0 Å². The Bertz CT molecular complexity index is 1000. The lowest BCUT2D eigenvalue weighted by Crippen LogP contribution is -2.39. The van der Waals surface area contributed by atoms with Crippen molar-refractivity contribution in [2.45, 2.75) is 52.0 Å². The summed E-state index contributed by atoms with van der Waals surface area (Å²) in [4.78, 5) is 0.445. The summed E-state index contributed by atoms with van der Waals surface area (Å²) in [7, 11) is -0.433. The lowest BCUT2D eigenvalue weighted by atomic mass is 9.94. The highest BCUT2D eigenvalue weighted by molar-refractivity contribution is 7.89. The number of sulfonamides is 1. The van der Waals surface area contributed by atoms with Crippen LogP contribution in [0.4, 0.5) is 0 Å². The van der Waals surface area contributed by atoms with Gasteiger partial charge in [0.2, 0.25) is 10.0 Å². The number of methoxy groups -OCH3 is 2. The van der Waals surface area contributed by atoms with Gasteiger partial charge in [-0.1, -0.05) is 6.07 Å². The average Bonchev–Trinajstić information content (AvgIpc) is 2.65. The zero-order valence-electron chi connectivity index (χ0n) is 17.7. The minimum Gasteiger partial charge on any atom is -0.493 e. The van der Waals surface area contributed by atoms with Crippen LogP contribution in [0.15, 0.2) is 23.1 Å². The standard InChI is InChI=1S/C22H29NO4S/c1-13-10-14(2)16(4)22(15(13)3)28(24,25)23-9-8-18-11-20(26-6)21(27-7)12-19(18)17(23)5/h10-12,17H,8-9H2,1-7H3/t17-/m1/s1. The van der Waals surface area contributed by atoms with Gasteiger partial charge >= 0.3 is 0 Å². The van der Waals surface area contributed by atoms with Crippen LogP contribution in [0, 0.1) is 27.7 Å². The van der Waals surface area contributed by atoms with Gasteiger partial charge in [-0.15, -0.1) is 0 Å². The van der Waals surface area contributed by atoms with E-state index in [0.717, 1.165) is 33.4 Å². The van der Waals surface area contributed by atoms with E-state index in [4.69, 9.17) is 9.47 Å². The largest absolute Gasteiger partial charge is 0.493 e. The fourth-order valence-corrected chi connectivity index (χ4v) is 6.33. The smallest absolute Gasteiger partial charge is 0.244 e. The Morgan fingerprint density at radius 1 is 0.929 bits per heavy atom. The van der Waals surface area contributed by atoms with Crippen LogP contribution in [0.5, 0.6) is 11.5 Å². The molecule has 1 aliphatic rings. The minimum absolute atomic E-state index is 0.284. The van der Waals surface area contributed by atoms with E-state index in [1.54, 1.807) is 18.5 Å². The number of ether oxygens (including phenoxy) is 2. The van der Waals surface area contributed by atoms with Gasteiger partial charge in [0.15, 0.2) is 11.5 Å². The molecule has 0 unspecified atom stereocenters. The first kappa shape index (κ1) is 20.7. The van der Waals surface area contributed by atoms with Crippen molar-refractivity contribution < 1.29 is 17.9 Å². The molecule has 0 fully saturated rings. The molecule has 152 valence electrons. The molecule has 0 N–H and O–H groups in total. The van der Waals surface area contributed by atoms with Gasteiger partial charge < -0.3 is 9.47 Å². The summed E-state index contributed by atoms with van der Waals surface area (Å²) in [5.41, 5.74) is 5.72. The monoisotopic (exact) mass is 403 g/mol. The molecule has 3 rings (SSSR count). The van der Waals surface area contributed by atoms with Crippen molar-refractivity contribution >= 4 is 10.0 Å². The summed E-state index contributed by atoms with van der Waals surface area (Å²) >= 11 is 0. The molecule has 2 aromatic carbocycles. The molecule has 0 radical (unpaired) electrons. The van der Waals surface area contributed by atoms with Crippen LogP contribution in [0.25, 0.3) is 0 Å². The topological polar surface area (TPSA) is 55.8 Å². The molecule has 5 nitrogen and oxygen atoms in total. The number of hydrogen-bond acceptors (Lipinski definition) is 4. The SMILES string of the molecule is COc1cc2c(cc1OC)[C@@H](C)N(S(=O)(=O)c1c(C)c(C)cc(C)c1C)CC2. The molecule has 0 bridgehead atoms. The maximum absolute atomic E-state index is 13.7. The van der Waals surface area contributed by atoms with Crippen molar-refractivity contribution in [1.29, 1.82) is 0 Å². The van der Waals surface area contributed by atoms with Crippen LogP contribution in [0.2, 0.25) is 0 Å². The average molecular weight is 404 g/mol. The third-order valence-electron chi connectivity index (χ3n) is 5.99. The van der Waals surface area contributed by atoms with Crippen molar-refractivity contribution in [2.75, 3.05) is 20.8 Å². The second kappa shape index (κ2) is 7.41. The molecule has 2 aromatic rings. The normalized spacial score (nSPS) is 17.3. The van der Waals surface area contributed by atoms with E-state index in [2.05, 4.69) is 6.07 Å². The maximum Gasteiger partial charge on any atom is 0.244 e. The highest BCUT2D eigenvalue weighted by atomic mass is 32.2. The molecular weight excluding hydrogens is 374 g/mol. The van der Waals surface area contributed by atoms with Gasteiger partial charge in [0, 0.05) is 12.6 Å².